The summed E-state index contributed by atoms with van der Waals surface area (Å²) in [6.07, 6.45) is 3.30. The number of aromatic nitrogens is 1. The van der Waals surface area contributed by atoms with Crippen LogP contribution in [0.3, 0.4) is 0 Å². The highest BCUT2D eigenvalue weighted by atomic mass is 32.2. The van der Waals surface area contributed by atoms with Crippen molar-refractivity contribution >= 4 is 27.5 Å². The number of rotatable bonds is 6. The van der Waals surface area contributed by atoms with E-state index in [9.17, 15) is 18.0 Å². The minimum Gasteiger partial charge on any atom is -0.492 e. The fraction of sp³-hybridized carbons (Fsp3) is 0.323. The first kappa shape index (κ1) is 29.6. The molecule has 3 aromatic rings. The van der Waals surface area contributed by atoms with E-state index in [1.165, 1.54) is 20.8 Å². The Kier molecular flexibility index (Phi) is 8.98. The van der Waals surface area contributed by atoms with Crippen LogP contribution < -0.4 is 14.4 Å². The first-order valence-corrected chi connectivity index (χ1v) is 14.9. The van der Waals surface area contributed by atoms with Crippen LogP contribution in [-0.2, 0) is 10.0 Å². The van der Waals surface area contributed by atoms with Gasteiger partial charge in [0.1, 0.15) is 5.75 Å². The van der Waals surface area contributed by atoms with Crippen molar-refractivity contribution in [2.24, 2.45) is 0 Å². The average molecular weight is 575 g/mol. The number of sulfonamides is 1. The first-order valence-electron chi connectivity index (χ1n) is 13.4. The number of hydrogen-bond acceptors (Lipinski definition) is 7. The highest BCUT2D eigenvalue weighted by Crippen LogP contribution is 2.20. The number of benzene rings is 2. The van der Waals surface area contributed by atoms with Gasteiger partial charge in [0.05, 0.1) is 23.1 Å². The molecule has 0 spiro atoms. The fourth-order valence-corrected chi connectivity index (χ4v) is 4.81. The molecule has 0 saturated carbocycles. The molecule has 0 unspecified atom stereocenters. The van der Waals surface area contributed by atoms with Crippen LogP contribution in [0, 0.1) is 11.8 Å². The van der Waals surface area contributed by atoms with Gasteiger partial charge in [-0.25, -0.2) is 13.1 Å². The number of carbonyl (C=O) groups excluding carboxylic acids is 2. The zero-order valence-corrected chi connectivity index (χ0v) is 24.5. The van der Waals surface area contributed by atoms with Crippen molar-refractivity contribution in [3.05, 3.63) is 89.2 Å². The second kappa shape index (κ2) is 12.4. The van der Waals surface area contributed by atoms with Gasteiger partial charge >= 0.3 is 0 Å². The summed E-state index contributed by atoms with van der Waals surface area (Å²) in [5.41, 5.74) is 3.04. The average Bonchev–Trinajstić information content (AvgIpc) is 2.96. The SMILES string of the molecule is CCOc1cncc(C#Cc2ccccc2C(=O)N2CCN(c3ccc(C(=O)NS(=O)(=O)C(C)(C)C)cc3)CC2)c1. The van der Waals surface area contributed by atoms with E-state index in [0.29, 0.717) is 55.2 Å². The third kappa shape index (κ3) is 7.24. The Labute approximate surface area is 241 Å². The molecular weight excluding hydrogens is 540 g/mol. The van der Waals surface area contributed by atoms with Crippen molar-refractivity contribution in [3.63, 3.8) is 0 Å². The molecule has 9 nitrogen and oxygen atoms in total. The standard InChI is InChI=1S/C31H34N4O5S/c1-5-40-27-20-23(21-32-22-27)10-11-24-8-6-7-9-28(24)30(37)35-18-16-34(17-19-35)26-14-12-25(13-15-26)29(36)33-41(38,39)31(2,3)4/h6-9,12-15,20-22H,5,16-19H2,1-4H3,(H,33,36). The molecule has 0 radical (unpaired) electrons. The van der Waals surface area contributed by atoms with Crippen LogP contribution in [0.15, 0.2) is 67.0 Å². The molecule has 1 aliphatic rings. The molecule has 2 aromatic carbocycles. The van der Waals surface area contributed by atoms with E-state index in [0.717, 1.165) is 5.69 Å². The molecule has 1 aromatic heterocycles. The maximum Gasteiger partial charge on any atom is 0.264 e. The van der Waals surface area contributed by atoms with Crippen LogP contribution in [-0.4, -0.2) is 67.6 Å². The predicted molar refractivity (Wildman–Crippen MR) is 159 cm³/mol. The van der Waals surface area contributed by atoms with Gasteiger partial charge in [0.15, 0.2) is 0 Å². The molecule has 1 aliphatic heterocycles. The Balaban J connectivity index is 1.39. The van der Waals surface area contributed by atoms with Gasteiger partial charge in [-0.05, 0) is 70.2 Å². The lowest BCUT2D eigenvalue weighted by Gasteiger charge is -2.36. The molecule has 1 N–H and O–H groups in total. The Morgan fingerprint density at radius 3 is 2.32 bits per heavy atom. The highest BCUT2D eigenvalue weighted by molar-refractivity contribution is 7.91. The van der Waals surface area contributed by atoms with Crippen molar-refractivity contribution in [2.45, 2.75) is 32.4 Å². The number of carbonyl (C=O) groups is 2. The summed E-state index contributed by atoms with van der Waals surface area (Å²) < 4.78 is 31.1. The van der Waals surface area contributed by atoms with E-state index in [2.05, 4.69) is 26.4 Å². The monoisotopic (exact) mass is 574 g/mol. The van der Waals surface area contributed by atoms with Crippen molar-refractivity contribution in [1.29, 1.82) is 0 Å². The maximum atomic E-state index is 13.4. The molecule has 214 valence electrons. The molecule has 1 fully saturated rings. The number of hydrogen-bond donors (Lipinski definition) is 1. The lowest BCUT2D eigenvalue weighted by molar-refractivity contribution is 0.0746. The Bertz CT molecular complexity index is 1580. The molecule has 1 saturated heterocycles. The lowest BCUT2D eigenvalue weighted by atomic mass is 10.1. The second-order valence-corrected chi connectivity index (χ2v) is 12.9. The topological polar surface area (TPSA) is 109 Å². The number of ether oxygens (including phenoxy) is 1. The van der Waals surface area contributed by atoms with E-state index in [1.54, 1.807) is 42.7 Å². The lowest BCUT2D eigenvalue weighted by Crippen LogP contribution is -2.49. The quantitative estimate of drug-likeness (QED) is 0.447. The van der Waals surface area contributed by atoms with E-state index < -0.39 is 20.7 Å². The number of piperazine rings is 1. The smallest absolute Gasteiger partial charge is 0.264 e. The second-order valence-electron chi connectivity index (χ2n) is 10.5. The third-order valence-corrected chi connectivity index (χ3v) is 8.68. The molecular formula is C31H34N4O5S. The number of nitrogens with one attached hydrogen (secondary N) is 1. The van der Waals surface area contributed by atoms with Gasteiger partial charge in [-0.2, -0.15) is 0 Å². The van der Waals surface area contributed by atoms with Crippen LogP contribution in [0.25, 0.3) is 0 Å². The maximum absolute atomic E-state index is 13.4. The fourth-order valence-electron chi connectivity index (χ4n) is 4.15. The molecule has 2 heterocycles. The summed E-state index contributed by atoms with van der Waals surface area (Å²) >= 11 is 0. The summed E-state index contributed by atoms with van der Waals surface area (Å²) in [4.78, 5) is 34.0. The molecule has 0 bridgehead atoms. The Morgan fingerprint density at radius 1 is 0.976 bits per heavy atom. The van der Waals surface area contributed by atoms with Gasteiger partial charge in [-0.1, -0.05) is 24.0 Å². The molecule has 41 heavy (non-hydrogen) atoms. The van der Waals surface area contributed by atoms with Gasteiger partial charge in [-0.3, -0.25) is 14.6 Å². The van der Waals surface area contributed by atoms with Gasteiger partial charge in [0.25, 0.3) is 11.8 Å². The number of amides is 2. The molecule has 0 atom stereocenters. The minimum atomic E-state index is -3.80. The van der Waals surface area contributed by atoms with E-state index in [1.807, 2.05) is 36.1 Å². The van der Waals surface area contributed by atoms with Gasteiger partial charge in [-0.15, -0.1) is 0 Å². The van der Waals surface area contributed by atoms with Crippen molar-refractivity contribution in [3.8, 4) is 17.6 Å². The van der Waals surface area contributed by atoms with Crippen molar-refractivity contribution < 1.29 is 22.7 Å². The van der Waals surface area contributed by atoms with Crippen molar-refractivity contribution in [2.75, 3.05) is 37.7 Å². The minimum absolute atomic E-state index is 0.0807. The van der Waals surface area contributed by atoms with Crippen LogP contribution in [0.2, 0.25) is 0 Å². The van der Waals surface area contributed by atoms with Crippen LogP contribution >= 0.6 is 0 Å². The van der Waals surface area contributed by atoms with Crippen LogP contribution in [0.4, 0.5) is 5.69 Å². The largest absolute Gasteiger partial charge is 0.492 e. The van der Waals surface area contributed by atoms with Gasteiger partial charge in [0, 0.05) is 54.8 Å². The van der Waals surface area contributed by atoms with E-state index >= 15 is 0 Å². The molecule has 4 rings (SSSR count). The van der Waals surface area contributed by atoms with Gasteiger partial charge < -0.3 is 14.5 Å². The first-order chi connectivity index (χ1) is 19.5. The third-order valence-electron chi connectivity index (χ3n) is 6.62. The Hall–Kier alpha value is -4.36. The number of pyridine rings is 1. The van der Waals surface area contributed by atoms with Crippen molar-refractivity contribution in [1.82, 2.24) is 14.6 Å². The van der Waals surface area contributed by atoms with Crippen LogP contribution in [0.5, 0.6) is 5.75 Å². The normalized spacial score (nSPS) is 13.7. The number of anilines is 1. The number of nitrogens with zero attached hydrogens (tertiary/aromatic N) is 3. The molecule has 2 amide bonds. The van der Waals surface area contributed by atoms with Gasteiger partial charge in [0.2, 0.25) is 10.0 Å². The van der Waals surface area contributed by atoms with Crippen LogP contribution in [0.1, 0.15) is 59.5 Å². The molecule has 10 heteroatoms. The Morgan fingerprint density at radius 2 is 1.66 bits per heavy atom. The highest BCUT2D eigenvalue weighted by Gasteiger charge is 2.31. The zero-order valence-electron chi connectivity index (χ0n) is 23.7. The summed E-state index contributed by atoms with van der Waals surface area (Å²) in [6, 6.07) is 15.9. The van der Waals surface area contributed by atoms with E-state index in [4.69, 9.17) is 4.74 Å². The zero-order chi connectivity index (χ0) is 29.6. The molecule has 0 aliphatic carbocycles. The predicted octanol–water partition coefficient (Wildman–Crippen LogP) is 3.70. The summed E-state index contributed by atoms with van der Waals surface area (Å²) in [7, 11) is -3.80. The van der Waals surface area contributed by atoms with E-state index in [-0.39, 0.29) is 11.5 Å². The summed E-state index contributed by atoms with van der Waals surface area (Å²) in [5, 5.41) is 0. The summed E-state index contributed by atoms with van der Waals surface area (Å²) in [5.74, 6) is 6.10. The summed E-state index contributed by atoms with van der Waals surface area (Å²) in [6.45, 7) is 9.30.